The van der Waals surface area contributed by atoms with Crippen molar-refractivity contribution in [3.63, 3.8) is 0 Å². The Bertz CT molecular complexity index is 1000. The molecule has 1 fully saturated rings. The van der Waals surface area contributed by atoms with E-state index in [4.69, 9.17) is 0 Å². The molecule has 3 rings (SSSR count). The molecule has 1 aliphatic rings. The third-order valence-corrected chi connectivity index (χ3v) is 7.39. The number of benzene rings is 1. The summed E-state index contributed by atoms with van der Waals surface area (Å²) in [6.07, 6.45) is 3.81. The van der Waals surface area contributed by atoms with Crippen molar-refractivity contribution < 1.29 is 18.0 Å². The van der Waals surface area contributed by atoms with Gasteiger partial charge in [-0.2, -0.15) is 4.31 Å². The summed E-state index contributed by atoms with van der Waals surface area (Å²) in [6, 6.07) is 5.75. The minimum Gasteiger partial charge on any atom is -0.354 e. The highest BCUT2D eigenvalue weighted by molar-refractivity contribution is 7.89. The van der Waals surface area contributed by atoms with E-state index in [9.17, 15) is 18.0 Å². The van der Waals surface area contributed by atoms with Crippen LogP contribution in [0.4, 0.5) is 0 Å². The van der Waals surface area contributed by atoms with Crippen molar-refractivity contribution in [3.05, 3.63) is 48.0 Å². The van der Waals surface area contributed by atoms with Crippen LogP contribution >= 0.6 is 0 Å². The first-order valence-corrected chi connectivity index (χ1v) is 11.8. The van der Waals surface area contributed by atoms with Crippen molar-refractivity contribution in [2.24, 2.45) is 0 Å². The molecule has 0 aliphatic carbocycles. The second-order valence-corrected chi connectivity index (χ2v) is 9.81. The molecule has 9 nitrogen and oxygen atoms in total. The van der Waals surface area contributed by atoms with Gasteiger partial charge in [-0.25, -0.2) is 13.4 Å². The van der Waals surface area contributed by atoms with Gasteiger partial charge in [-0.3, -0.25) is 9.59 Å². The number of carbonyl (C=O) groups is 2. The Morgan fingerprint density at radius 2 is 1.94 bits per heavy atom. The van der Waals surface area contributed by atoms with Gasteiger partial charge in [-0.1, -0.05) is 26.0 Å². The highest BCUT2D eigenvalue weighted by Gasteiger charge is 2.40. The fourth-order valence-corrected chi connectivity index (χ4v) is 5.14. The number of imidazole rings is 1. The van der Waals surface area contributed by atoms with Gasteiger partial charge in [0.15, 0.2) is 0 Å². The maximum atomic E-state index is 13.3. The molecule has 0 spiro atoms. The van der Waals surface area contributed by atoms with E-state index in [-0.39, 0.29) is 36.4 Å². The smallest absolute Gasteiger partial charge is 0.243 e. The summed E-state index contributed by atoms with van der Waals surface area (Å²) in [5.74, 6) is -0.333. The van der Waals surface area contributed by atoms with E-state index in [2.05, 4.69) is 15.3 Å². The van der Waals surface area contributed by atoms with Crippen molar-refractivity contribution in [1.29, 1.82) is 0 Å². The minimum atomic E-state index is -3.90. The molecule has 2 N–H and O–H groups in total. The van der Waals surface area contributed by atoms with Crippen LogP contribution in [-0.4, -0.2) is 71.6 Å². The zero-order valence-electron chi connectivity index (χ0n) is 18.0. The predicted octanol–water partition coefficient (Wildman–Crippen LogP) is 1.11. The van der Waals surface area contributed by atoms with E-state index in [0.717, 1.165) is 11.3 Å². The molecule has 0 radical (unpaired) electrons. The number of carbonyl (C=O) groups excluding carboxylic acids is 2. The molecule has 2 amide bonds. The van der Waals surface area contributed by atoms with Gasteiger partial charge in [0.25, 0.3) is 0 Å². The molecule has 2 aromatic rings. The zero-order valence-corrected chi connectivity index (χ0v) is 18.9. The second kappa shape index (κ2) is 9.61. The standard InChI is InChI=1S/C21H29N5O4S/c1-15(2)17-4-6-19(7-5-17)31(29,30)26-11-10-25(16(3)27)13-20(26)21(28)23-9-8-18-12-22-14-24-18/h4-7,12,14-15,20H,8-11,13H2,1-3H3,(H,22,24)(H,23,28)/t20-/m1/s1. The summed E-state index contributed by atoms with van der Waals surface area (Å²) in [6.45, 7) is 6.13. The van der Waals surface area contributed by atoms with Gasteiger partial charge in [0.1, 0.15) is 6.04 Å². The number of nitrogens with zero attached hydrogens (tertiary/aromatic N) is 3. The fourth-order valence-electron chi connectivity index (χ4n) is 3.57. The van der Waals surface area contributed by atoms with Gasteiger partial charge < -0.3 is 15.2 Å². The average molecular weight is 448 g/mol. The van der Waals surface area contributed by atoms with E-state index in [0.29, 0.717) is 13.0 Å². The predicted molar refractivity (Wildman–Crippen MR) is 116 cm³/mol. The Kier molecular flexibility index (Phi) is 7.11. The Morgan fingerprint density at radius 3 is 2.52 bits per heavy atom. The molecular weight excluding hydrogens is 418 g/mol. The molecule has 2 heterocycles. The Labute approximate surface area is 182 Å². The number of rotatable bonds is 7. The van der Waals surface area contributed by atoms with Crippen LogP contribution in [0, 0.1) is 0 Å². The van der Waals surface area contributed by atoms with Crippen LogP contribution in [0.3, 0.4) is 0 Å². The molecule has 1 saturated heterocycles. The van der Waals surface area contributed by atoms with Crippen molar-refractivity contribution in [3.8, 4) is 0 Å². The van der Waals surface area contributed by atoms with Crippen LogP contribution in [0.15, 0.2) is 41.7 Å². The maximum Gasteiger partial charge on any atom is 0.243 e. The number of H-pyrrole nitrogens is 1. The van der Waals surface area contributed by atoms with Crippen LogP contribution in [-0.2, 0) is 26.0 Å². The summed E-state index contributed by atoms with van der Waals surface area (Å²) < 4.78 is 27.9. The molecule has 31 heavy (non-hydrogen) atoms. The SMILES string of the molecule is CC(=O)N1CCN(S(=O)(=O)c2ccc(C(C)C)cc2)[C@@H](C(=O)NCCc2c[nH]cn2)C1. The van der Waals surface area contributed by atoms with E-state index < -0.39 is 22.0 Å². The van der Waals surface area contributed by atoms with Crippen LogP contribution in [0.1, 0.15) is 37.9 Å². The lowest BCUT2D eigenvalue weighted by Crippen LogP contribution is -2.61. The quantitative estimate of drug-likeness (QED) is 0.660. The van der Waals surface area contributed by atoms with Crippen LogP contribution < -0.4 is 5.32 Å². The zero-order chi connectivity index (χ0) is 22.6. The molecule has 168 valence electrons. The fraction of sp³-hybridized carbons (Fsp3) is 0.476. The van der Waals surface area contributed by atoms with Gasteiger partial charge in [0.2, 0.25) is 21.8 Å². The second-order valence-electron chi connectivity index (χ2n) is 7.92. The molecule has 0 unspecified atom stereocenters. The molecule has 1 aromatic carbocycles. The van der Waals surface area contributed by atoms with Crippen molar-refractivity contribution >= 4 is 21.8 Å². The third-order valence-electron chi connectivity index (χ3n) is 5.47. The summed E-state index contributed by atoms with van der Waals surface area (Å²) in [7, 11) is -3.90. The molecule has 1 atom stereocenters. The molecular formula is C21H29N5O4S. The van der Waals surface area contributed by atoms with E-state index in [1.165, 1.54) is 16.1 Å². The Morgan fingerprint density at radius 1 is 1.23 bits per heavy atom. The van der Waals surface area contributed by atoms with Crippen LogP contribution in [0.2, 0.25) is 0 Å². The number of aromatic nitrogens is 2. The van der Waals surface area contributed by atoms with Crippen LogP contribution in [0.5, 0.6) is 0 Å². The number of hydrogen-bond acceptors (Lipinski definition) is 5. The van der Waals surface area contributed by atoms with Gasteiger partial charge in [0.05, 0.1) is 16.9 Å². The lowest BCUT2D eigenvalue weighted by Gasteiger charge is -2.39. The third kappa shape index (κ3) is 5.31. The summed E-state index contributed by atoms with van der Waals surface area (Å²) in [4.78, 5) is 33.4. The van der Waals surface area contributed by atoms with Crippen molar-refractivity contribution in [2.75, 3.05) is 26.2 Å². The number of nitrogens with one attached hydrogen (secondary N) is 2. The first-order chi connectivity index (χ1) is 14.7. The molecule has 0 saturated carbocycles. The number of piperazine rings is 1. The lowest BCUT2D eigenvalue weighted by atomic mass is 10.0. The average Bonchev–Trinajstić information content (AvgIpc) is 3.26. The Balaban J connectivity index is 1.79. The van der Waals surface area contributed by atoms with Gasteiger partial charge in [-0.05, 0) is 23.6 Å². The first-order valence-electron chi connectivity index (χ1n) is 10.3. The molecule has 0 bridgehead atoms. The maximum absolute atomic E-state index is 13.3. The number of amides is 2. The normalized spacial score (nSPS) is 17.7. The highest BCUT2D eigenvalue weighted by atomic mass is 32.2. The molecule has 1 aliphatic heterocycles. The summed E-state index contributed by atoms with van der Waals surface area (Å²) in [5.41, 5.74) is 1.83. The first kappa shape index (κ1) is 23.0. The largest absolute Gasteiger partial charge is 0.354 e. The topological polar surface area (TPSA) is 115 Å². The van der Waals surface area contributed by atoms with Crippen molar-refractivity contribution in [1.82, 2.24) is 24.5 Å². The van der Waals surface area contributed by atoms with Crippen LogP contribution in [0.25, 0.3) is 0 Å². The van der Waals surface area contributed by atoms with Crippen molar-refractivity contribution in [2.45, 2.75) is 44.0 Å². The number of sulfonamides is 1. The summed E-state index contributed by atoms with van der Waals surface area (Å²) in [5, 5.41) is 2.79. The summed E-state index contributed by atoms with van der Waals surface area (Å²) >= 11 is 0. The molecule has 10 heteroatoms. The van der Waals surface area contributed by atoms with Gasteiger partial charge in [-0.15, -0.1) is 0 Å². The van der Waals surface area contributed by atoms with E-state index in [1.54, 1.807) is 36.8 Å². The minimum absolute atomic E-state index is 0.0207. The van der Waals surface area contributed by atoms with Gasteiger partial charge in [0, 0.05) is 45.7 Å². The van der Waals surface area contributed by atoms with E-state index in [1.807, 2.05) is 13.8 Å². The lowest BCUT2D eigenvalue weighted by molar-refractivity contribution is -0.134. The number of aromatic amines is 1. The Hall–Kier alpha value is -2.72. The van der Waals surface area contributed by atoms with E-state index >= 15 is 0 Å². The number of hydrogen-bond donors (Lipinski definition) is 2. The highest BCUT2D eigenvalue weighted by Crippen LogP contribution is 2.24. The molecule has 1 aromatic heterocycles. The van der Waals surface area contributed by atoms with Gasteiger partial charge >= 0.3 is 0 Å². The monoisotopic (exact) mass is 447 g/mol.